The standard InChI is InChI=1S/C24H30N6O2S/c1-3-30(24(32)28-8-6-15-5-4-7-27-13-15)23(31)17-9-16-10-18-19(12-25)22(26)33-21(18)11-20(16)29(2)14-17/h4-5,7,13,16-17,20H,3,6,8-11,14,26H2,1-2H3,(H,28,32)/t16-,17-,20-/m1/s1. The van der Waals surface area contributed by atoms with E-state index in [-0.39, 0.29) is 23.8 Å². The van der Waals surface area contributed by atoms with E-state index >= 15 is 0 Å². The van der Waals surface area contributed by atoms with Crippen LogP contribution in [0.3, 0.4) is 0 Å². The summed E-state index contributed by atoms with van der Waals surface area (Å²) in [6.45, 7) is 3.23. The molecule has 0 saturated carbocycles. The lowest BCUT2D eigenvalue weighted by Gasteiger charge is -2.45. The van der Waals surface area contributed by atoms with Gasteiger partial charge in [0, 0.05) is 42.9 Å². The number of piperidine rings is 1. The molecule has 0 aromatic carbocycles. The lowest BCUT2D eigenvalue weighted by atomic mass is 9.74. The second-order valence-electron chi connectivity index (χ2n) is 8.89. The minimum atomic E-state index is -0.348. The Morgan fingerprint density at radius 2 is 2.24 bits per heavy atom. The van der Waals surface area contributed by atoms with Gasteiger partial charge in [0.15, 0.2) is 0 Å². The summed E-state index contributed by atoms with van der Waals surface area (Å²) in [5, 5.41) is 13.0. The molecule has 2 aromatic rings. The molecule has 3 atom stereocenters. The molecule has 8 nitrogen and oxygen atoms in total. The molecule has 2 aromatic heterocycles. The molecule has 3 heterocycles. The van der Waals surface area contributed by atoms with E-state index in [0.717, 1.165) is 24.0 Å². The maximum atomic E-state index is 13.4. The minimum absolute atomic E-state index is 0.127. The van der Waals surface area contributed by atoms with Gasteiger partial charge in [0.1, 0.15) is 11.1 Å². The Kier molecular flexibility index (Phi) is 6.96. The summed E-state index contributed by atoms with van der Waals surface area (Å²) in [5.74, 6) is -0.111. The molecule has 3 amide bonds. The van der Waals surface area contributed by atoms with Gasteiger partial charge in [0.05, 0.1) is 11.5 Å². The molecule has 0 spiro atoms. The van der Waals surface area contributed by atoms with Gasteiger partial charge >= 0.3 is 6.03 Å². The van der Waals surface area contributed by atoms with Crippen LogP contribution in [-0.4, -0.2) is 59.4 Å². The number of hydrogen-bond donors (Lipinski definition) is 2. The third-order valence-corrected chi connectivity index (χ3v) is 7.97. The van der Waals surface area contributed by atoms with E-state index in [1.54, 1.807) is 12.4 Å². The largest absolute Gasteiger partial charge is 0.389 e. The van der Waals surface area contributed by atoms with Crippen LogP contribution >= 0.6 is 11.3 Å². The molecule has 0 bridgehead atoms. The number of nitrogen functional groups attached to an aromatic ring is 1. The number of nitriles is 1. The predicted octanol–water partition coefficient (Wildman–Crippen LogP) is 2.43. The van der Waals surface area contributed by atoms with E-state index in [0.29, 0.717) is 49.1 Å². The van der Waals surface area contributed by atoms with Crippen LogP contribution in [0.4, 0.5) is 9.80 Å². The van der Waals surface area contributed by atoms with Crippen molar-refractivity contribution in [2.45, 2.75) is 38.6 Å². The number of nitrogens with zero attached hydrogens (tertiary/aromatic N) is 4. The Morgan fingerprint density at radius 3 is 2.94 bits per heavy atom. The van der Waals surface area contributed by atoms with Crippen LogP contribution < -0.4 is 11.1 Å². The van der Waals surface area contributed by atoms with Crippen molar-refractivity contribution in [3.8, 4) is 6.07 Å². The summed E-state index contributed by atoms with van der Waals surface area (Å²) in [4.78, 5) is 35.0. The number of urea groups is 1. The maximum Gasteiger partial charge on any atom is 0.324 e. The molecular formula is C24H30N6O2S. The first kappa shape index (κ1) is 23.2. The van der Waals surface area contributed by atoms with E-state index in [4.69, 9.17) is 5.73 Å². The summed E-state index contributed by atoms with van der Waals surface area (Å²) in [7, 11) is 2.05. The number of nitrogens with two attached hydrogens (primary N) is 1. The number of imide groups is 1. The Hall–Kier alpha value is -2.96. The quantitative estimate of drug-likeness (QED) is 0.699. The smallest absolute Gasteiger partial charge is 0.324 e. The molecule has 2 aliphatic rings. The van der Waals surface area contributed by atoms with Gasteiger partial charge in [0.2, 0.25) is 5.91 Å². The fraction of sp³-hybridized carbons (Fsp3) is 0.500. The van der Waals surface area contributed by atoms with Crippen molar-refractivity contribution in [2.75, 3.05) is 32.4 Å². The van der Waals surface area contributed by atoms with Gasteiger partial charge < -0.3 is 16.0 Å². The summed E-state index contributed by atoms with van der Waals surface area (Å²) in [5.41, 5.74) is 8.77. The summed E-state index contributed by atoms with van der Waals surface area (Å²) in [6, 6.07) is 6.07. The zero-order valence-corrected chi connectivity index (χ0v) is 19.9. The maximum absolute atomic E-state index is 13.4. The zero-order chi connectivity index (χ0) is 23.5. The third-order valence-electron chi connectivity index (χ3n) is 6.89. The van der Waals surface area contributed by atoms with Crippen molar-refractivity contribution < 1.29 is 9.59 Å². The molecule has 0 unspecified atom stereocenters. The Labute approximate surface area is 198 Å². The first-order valence-electron chi connectivity index (χ1n) is 11.4. The SMILES string of the molecule is CCN(C(=O)NCCc1cccnc1)C(=O)[C@@H]1C[C@@H]2Cc3c(sc(N)c3C#N)C[C@H]2N(C)C1. The van der Waals surface area contributed by atoms with E-state index in [2.05, 4.69) is 28.3 Å². The second-order valence-corrected chi connectivity index (χ2v) is 10.0. The lowest BCUT2D eigenvalue weighted by molar-refractivity contribution is -0.135. The molecule has 1 aliphatic heterocycles. The number of nitrogens with one attached hydrogen (secondary N) is 1. The van der Waals surface area contributed by atoms with E-state index in [1.165, 1.54) is 21.1 Å². The first-order chi connectivity index (χ1) is 15.9. The van der Waals surface area contributed by atoms with Gasteiger partial charge in [0.25, 0.3) is 0 Å². The first-order valence-corrected chi connectivity index (χ1v) is 12.2. The van der Waals surface area contributed by atoms with Crippen LogP contribution in [-0.2, 0) is 24.1 Å². The summed E-state index contributed by atoms with van der Waals surface area (Å²) in [6.07, 6.45) is 6.49. The number of amides is 3. The fourth-order valence-corrected chi connectivity index (χ4v) is 6.32. The molecule has 1 aliphatic carbocycles. The number of hydrogen-bond acceptors (Lipinski definition) is 7. The van der Waals surface area contributed by atoms with Crippen molar-refractivity contribution in [3.05, 3.63) is 46.1 Å². The van der Waals surface area contributed by atoms with Gasteiger partial charge in [-0.15, -0.1) is 11.3 Å². The molecule has 4 rings (SSSR count). The Bertz CT molecular complexity index is 1060. The molecule has 9 heteroatoms. The number of aromatic nitrogens is 1. The molecule has 174 valence electrons. The minimum Gasteiger partial charge on any atom is -0.389 e. The van der Waals surface area contributed by atoms with Crippen LogP contribution in [0.2, 0.25) is 0 Å². The molecule has 1 fully saturated rings. The monoisotopic (exact) mass is 466 g/mol. The van der Waals surface area contributed by atoms with Crippen LogP contribution in [0, 0.1) is 23.2 Å². The summed E-state index contributed by atoms with van der Waals surface area (Å²) >= 11 is 1.52. The average Bonchev–Trinajstić information content (AvgIpc) is 3.12. The number of carbonyl (C=O) groups is 2. The number of carbonyl (C=O) groups excluding carboxylic acids is 2. The molecule has 3 N–H and O–H groups in total. The highest BCUT2D eigenvalue weighted by Crippen LogP contribution is 2.42. The third kappa shape index (κ3) is 4.72. The van der Waals surface area contributed by atoms with Crippen molar-refractivity contribution in [1.29, 1.82) is 5.26 Å². The van der Waals surface area contributed by atoms with E-state index < -0.39 is 0 Å². The molecule has 1 saturated heterocycles. The second kappa shape index (κ2) is 9.89. The Balaban J connectivity index is 1.40. The zero-order valence-electron chi connectivity index (χ0n) is 19.1. The van der Waals surface area contributed by atoms with Gasteiger partial charge in [-0.25, -0.2) is 4.79 Å². The number of thiophene rings is 1. The highest BCUT2D eigenvalue weighted by Gasteiger charge is 2.43. The lowest BCUT2D eigenvalue weighted by Crippen LogP contribution is -2.55. The number of rotatable bonds is 5. The van der Waals surface area contributed by atoms with Gasteiger partial charge in [-0.2, -0.15) is 5.26 Å². The molecular weight excluding hydrogens is 436 g/mol. The van der Waals surface area contributed by atoms with Gasteiger partial charge in [-0.05, 0) is 62.8 Å². The molecule has 0 radical (unpaired) electrons. The predicted molar refractivity (Wildman–Crippen MR) is 128 cm³/mol. The number of likely N-dealkylation sites (tertiary alicyclic amines) is 1. The van der Waals surface area contributed by atoms with E-state index in [9.17, 15) is 14.9 Å². The van der Waals surface area contributed by atoms with Gasteiger partial charge in [-0.1, -0.05) is 6.07 Å². The topological polar surface area (TPSA) is 115 Å². The van der Waals surface area contributed by atoms with Crippen molar-refractivity contribution in [2.24, 2.45) is 11.8 Å². The number of fused-ring (bicyclic) bond motifs is 2. The van der Waals surface area contributed by atoms with E-state index in [1.807, 2.05) is 19.1 Å². The highest BCUT2D eigenvalue weighted by molar-refractivity contribution is 7.16. The number of pyridine rings is 1. The van der Waals surface area contributed by atoms with Crippen molar-refractivity contribution >= 4 is 28.3 Å². The van der Waals surface area contributed by atoms with Gasteiger partial charge in [-0.3, -0.25) is 14.7 Å². The fourth-order valence-electron chi connectivity index (χ4n) is 5.22. The van der Waals surface area contributed by atoms with Crippen LogP contribution in [0.5, 0.6) is 0 Å². The van der Waals surface area contributed by atoms with Crippen molar-refractivity contribution in [1.82, 2.24) is 20.1 Å². The van der Waals surface area contributed by atoms with Crippen LogP contribution in [0.15, 0.2) is 24.5 Å². The Morgan fingerprint density at radius 1 is 1.42 bits per heavy atom. The normalized spacial score (nSPS) is 22.0. The van der Waals surface area contributed by atoms with Crippen LogP contribution in [0.25, 0.3) is 0 Å². The van der Waals surface area contributed by atoms with Crippen LogP contribution in [0.1, 0.15) is 34.9 Å². The highest BCUT2D eigenvalue weighted by atomic mass is 32.1. The average molecular weight is 467 g/mol. The molecule has 33 heavy (non-hydrogen) atoms. The van der Waals surface area contributed by atoms with Crippen molar-refractivity contribution in [3.63, 3.8) is 0 Å². The number of anilines is 1. The summed E-state index contributed by atoms with van der Waals surface area (Å²) < 4.78 is 0. The number of likely N-dealkylation sites (N-methyl/N-ethyl adjacent to an activating group) is 1.